The number of anilines is 2. The van der Waals surface area contributed by atoms with Gasteiger partial charge in [0.15, 0.2) is 11.5 Å². The summed E-state index contributed by atoms with van der Waals surface area (Å²) in [5.41, 5.74) is 3.31. The van der Waals surface area contributed by atoms with Crippen LogP contribution in [0.5, 0.6) is 11.5 Å². The van der Waals surface area contributed by atoms with Crippen LogP contribution in [0.3, 0.4) is 0 Å². The highest BCUT2D eigenvalue weighted by molar-refractivity contribution is 8.00. The summed E-state index contributed by atoms with van der Waals surface area (Å²) in [6.07, 6.45) is 2.15. The quantitative estimate of drug-likeness (QED) is 0.119. The van der Waals surface area contributed by atoms with E-state index in [1.807, 2.05) is 50.2 Å². The van der Waals surface area contributed by atoms with Crippen molar-refractivity contribution in [2.75, 3.05) is 24.9 Å². The molecule has 0 aliphatic heterocycles. The van der Waals surface area contributed by atoms with E-state index in [2.05, 4.69) is 16.0 Å². The number of methoxy groups -OCH3 is 2. The molecular formula is C35H35N3O5S. The van der Waals surface area contributed by atoms with Crippen LogP contribution < -0.4 is 25.4 Å². The van der Waals surface area contributed by atoms with Crippen molar-refractivity contribution in [3.63, 3.8) is 0 Å². The zero-order valence-electron chi connectivity index (χ0n) is 25.0. The van der Waals surface area contributed by atoms with Crippen LogP contribution in [0.25, 0.3) is 6.08 Å². The molecule has 0 aromatic heterocycles. The second-order valence-electron chi connectivity index (χ2n) is 9.81. The normalized spacial score (nSPS) is 11.7. The average Bonchev–Trinajstić information content (AvgIpc) is 3.04. The Labute approximate surface area is 261 Å². The number of carbonyl (C=O) groups excluding carboxylic acids is 3. The van der Waals surface area contributed by atoms with Crippen molar-refractivity contribution in [2.24, 2.45) is 0 Å². The standard InChI is InChI=1S/C35H35N3O5S/c1-5-31(35(41)36-26-19-17-23(2)18-20-26)44-28-15-10-14-27(22-28)37-34(40)29(38-33(39)24-11-7-6-8-12-24)21-25-13-9-16-30(42-3)32(25)43-4/h6-22,31H,5H2,1-4H3,(H,36,41)(H,37,40)(H,38,39)/b29-21+. The predicted molar refractivity (Wildman–Crippen MR) is 176 cm³/mol. The predicted octanol–water partition coefficient (Wildman–Crippen LogP) is 6.93. The molecule has 0 spiro atoms. The lowest BCUT2D eigenvalue weighted by Crippen LogP contribution is -2.30. The summed E-state index contributed by atoms with van der Waals surface area (Å²) in [6, 6.07) is 28.8. The van der Waals surface area contributed by atoms with Gasteiger partial charge in [0.1, 0.15) is 5.70 Å². The van der Waals surface area contributed by atoms with Gasteiger partial charge in [0.2, 0.25) is 5.91 Å². The Hall–Kier alpha value is -5.02. The minimum Gasteiger partial charge on any atom is -0.493 e. The molecule has 4 aromatic rings. The lowest BCUT2D eigenvalue weighted by Gasteiger charge is -2.16. The molecular weight excluding hydrogens is 574 g/mol. The second kappa shape index (κ2) is 15.5. The van der Waals surface area contributed by atoms with Crippen LogP contribution in [0, 0.1) is 6.92 Å². The highest BCUT2D eigenvalue weighted by Crippen LogP contribution is 2.32. The minimum absolute atomic E-state index is 0.00683. The first kappa shape index (κ1) is 31.9. The largest absolute Gasteiger partial charge is 0.493 e. The maximum absolute atomic E-state index is 13.6. The molecule has 3 N–H and O–H groups in total. The summed E-state index contributed by atoms with van der Waals surface area (Å²) in [7, 11) is 3.03. The van der Waals surface area contributed by atoms with Gasteiger partial charge in [-0.2, -0.15) is 0 Å². The minimum atomic E-state index is -0.537. The monoisotopic (exact) mass is 609 g/mol. The van der Waals surface area contributed by atoms with Gasteiger partial charge in [0.25, 0.3) is 11.8 Å². The van der Waals surface area contributed by atoms with E-state index in [9.17, 15) is 14.4 Å². The number of benzene rings is 4. The van der Waals surface area contributed by atoms with Gasteiger partial charge >= 0.3 is 0 Å². The third-order valence-electron chi connectivity index (χ3n) is 6.61. The summed E-state index contributed by atoms with van der Waals surface area (Å²) in [6.45, 7) is 3.95. The second-order valence-corrected chi connectivity index (χ2v) is 11.1. The molecule has 0 bridgehead atoms. The van der Waals surface area contributed by atoms with Gasteiger partial charge in [-0.15, -0.1) is 11.8 Å². The molecule has 0 fully saturated rings. The van der Waals surface area contributed by atoms with Crippen LogP contribution in [0.1, 0.15) is 34.8 Å². The van der Waals surface area contributed by atoms with Crippen molar-refractivity contribution < 1.29 is 23.9 Å². The maximum atomic E-state index is 13.6. The summed E-state index contributed by atoms with van der Waals surface area (Å²) < 4.78 is 10.9. The van der Waals surface area contributed by atoms with Gasteiger partial charge in [-0.3, -0.25) is 14.4 Å². The molecule has 0 aliphatic rings. The Morgan fingerprint density at radius 1 is 0.818 bits per heavy atom. The number of amides is 3. The first-order valence-corrected chi connectivity index (χ1v) is 14.9. The van der Waals surface area contributed by atoms with E-state index < -0.39 is 11.8 Å². The average molecular weight is 610 g/mol. The van der Waals surface area contributed by atoms with E-state index in [0.29, 0.717) is 34.7 Å². The molecule has 0 aliphatic carbocycles. The third kappa shape index (κ3) is 8.52. The van der Waals surface area contributed by atoms with Gasteiger partial charge in [0, 0.05) is 27.4 Å². The van der Waals surface area contributed by atoms with Crippen LogP contribution in [-0.4, -0.2) is 37.2 Å². The van der Waals surface area contributed by atoms with E-state index in [1.54, 1.807) is 66.7 Å². The molecule has 0 saturated heterocycles. The molecule has 9 heteroatoms. The molecule has 3 amide bonds. The molecule has 0 heterocycles. The van der Waals surface area contributed by atoms with E-state index >= 15 is 0 Å². The van der Waals surface area contributed by atoms with E-state index in [-0.39, 0.29) is 16.9 Å². The summed E-state index contributed by atoms with van der Waals surface area (Å²) in [5, 5.41) is 8.26. The number of rotatable bonds is 12. The Balaban J connectivity index is 1.55. The molecule has 0 saturated carbocycles. The van der Waals surface area contributed by atoms with Crippen molar-refractivity contribution in [3.8, 4) is 11.5 Å². The van der Waals surface area contributed by atoms with Crippen molar-refractivity contribution in [1.82, 2.24) is 5.32 Å². The lowest BCUT2D eigenvalue weighted by molar-refractivity contribution is -0.116. The van der Waals surface area contributed by atoms with E-state index in [0.717, 1.165) is 16.1 Å². The number of aryl methyl sites for hydroxylation is 1. The highest BCUT2D eigenvalue weighted by atomic mass is 32.2. The number of nitrogens with one attached hydrogen (secondary N) is 3. The van der Waals surface area contributed by atoms with Gasteiger partial charge in [-0.1, -0.05) is 61.0 Å². The van der Waals surface area contributed by atoms with Crippen LogP contribution in [-0.2, 0) is 9.59 Å². The lowest BCUT2D eigenvalue weighted by atomic mass is 10.1. The SMILES string of the molecule is CCC(Sc1cccc(NC(=O)/C(=C\c2cccc(OC)c2OC)NC(=O)c2ccccc2)c1)C(=O)Nc1ccc(C)cc1. The van der Waals surface area contributed by atoms with Crippen LogP contribution in [0.4, 0.5) is 11.4 Å². The van der Waals surface area contributed by atoms with Crippen molar-refractivity contribution in [2.45, 2.75) is 30.4 Å². The molecule has 1 atom stereocenters. The van der Waals surface area contributed by atoms with Gasteiger partial charge in [-0.05, 0) is 68.0 Å². The molecule has 4 aromatic carbocycles. The number of ether oxygens (including phenoxy) is 2. The molecule has 8 nitrogen and oxygen atoms in total. The summed E-state index contributed by atoms with van der Waals surface area (Å²) in [4.78, 5) is 40.5. The summed E-state index contributed by atoms with van der Waals surface area (Å²) >= 11 is 1.41. The molecule has 4 rings (SSSR count). The first-order valence-electron chi connectivity index (χ1n) is 14.1. The van der Waals surface area contributed by atoms with E-state index in [1.165, 1.54) is 26.0 Å². The number of hydrogen-bond acceptors (Lipinski definition) is 6. The van der Waals surface area contributed by atoms with Crippen molar-refractivity contribution in [1.29, 1.82) is 0 Å². The fourth-order valence-electron chi connectivity index (χ4n) is 4.32. The summed E-state index contributed by atoms with van der Waals surface area (Å²) in [5.74, 6) is -0.176. The Morgan fingerprint density at radius 3 is 2.23 bits per heavy atom. The van der Waals surface area contributed by atoms with Crippen molar-refractivity contribution in [3.05, 3.63) is 119 Å². The maximum Gasteiger partial charge on any atom is 0.272 e. The number of carbonyl (C=O) groups is 3. The van der Waals surface area contributed by atoms with E-state index in [4.69, 9.17) is 9.47 Å². The van der Waals surface area contributed by atoms with Crippen molar-refractivity contribution >= 4 is 46.9 Å². The smallest absolute Gasteiger partial charge is 0.272 e. The highest BCUT2D eigenvalue weighted by Gasteiger charge is 2.20. The van der Waals surface area contributed by atoms with Gasteiger partial charge in [0.05, 0.1) is 19.5 Å². The molecule has 44 heavy (non-hydrogen) atoms. The fraction of sp³-hybridized carbons (Fsp3) is 0.171. The third-order valence-corrected chi connectivity index (χ3v) is 7.97. The molecule has 1 unspecified atom stereocenters. The zero-order chi connectivity index (χ0) is 31.5. The van der Waals surface area contributed by atoms with Crippen LogP contribution in [0.15, 0.2) is 108 Å². The zero-order valence-corrected chi connectivity index (χ0v) is 25.9. The topological polar surface area (TPSA) is 106 Å². The Bertz CT molecular complexity index is 1640. The van der Waals surface area contributed by atoms with Crippen LogP contribution >= 0.6 is 11.8 Å². The Morgan fingerprint density at radius 2 is 1.55 bits per heavy atom. The van der Waals surface area contributed by atoms with Crippen LogP contribution in [0.2, 0.25) is 0 Å². The number of thioether (sulfide) groups is 1. The fourth-order valence-corrected chi connectivity index (χ4v) is 5.33. The first-order chi connectivity index (χ1) is 21.3. The molecule has 0 radical (unpaired) electrons. The molecule has 226 valence electrons. The van der Waals surface area contributed by atoms with Gasteiger partial charge < -0.3 is 25.4 Å². The number of para-hydroxylation sites is 1. The Kier molecular flexibility index (Phi) is 11.2. The number of hydrogen-bond donors (Lipinski definition) is 3. The van der Waals surface area contributed by atoms with Gasteiger partial charge in [-0.25, -0.2) is 0 Å².